The summed E-state index contributed by atoms with van der Waals surface area (Å²) in [6.07, 6.45) is 5.34. The molecule has 0 radical (unpaired) electrons. The minimum atomic E-state index is 0.705. The smallest absolute Gasteiger partial charge is 0.0889 e. The minimum Gasteiger partial charge on any atom is -0.411 e. The molecule has 19 heavy (non-hydrogen) atoms. The molecule has 1 aromatic heterocycles. The Morgan fingerprint density at radius 1 is 0.842 bits per heavy atom. The predicted octanol–water partition coefficient (Wildman–Crippen LogP) is 2.42. The van der Waals surface area contributed by atoms with Crippen LogP contribution in [0.3, 0.4) is 0 Å². The van der Waals surface area contributed by atoms with Crippen LogP contribution in [0.5, 0.6) is 0 Å². The highest BCUT2D eigenvalue weighted by Gasteiger charge is 2.27. The summed E-state index contributed by atoms with van der Waals surface area (Å²) < 4.78 is 0. The Morgan fingerprint density at radius 2 is 1.32 bits per heavy atom. The number of oxime groups is 2. The topological polar surface area (TPSA) is 78.1 Å². The molecule has 2 aliphatic rings. The number of aryl methyl sites for hydroxylation is 2. The van der Waals surface area contributed by atoms with Crippen molar-refractivity contribution in [3.05, 3.63) is 28.1 Å². The van der Waals surface area contributed by atoms with Crippen molar-refractivity contribution in [3.63, 3.8) is 0 Å². The zero-order chi connectivity index (χ0) is 13.4. The lowest BCUT2D eigenvalue weighted by atomic mass is 9.83. The fourth-order valence-corrected chi connectivity index (χ4v) is 3.26. The first-order valence-corrected chi connectivity index (χ1v) is 6.71. The fraction of sp³-hybridized carbons (Fsp3) is 0.500. The molecular weight excluding hydrogens is 242 g/mol. The summed E-state index contributed by atoms with van der Waals surface area (Å²) in [5, 5.41) is 25.2. The number of hydrogen-bond acceptors (Lipinski definition) is 5. The van der Waals surface area contributed by atoms with Crippen LogP contribution in [0.2, 0.25) is 0 Å². The third-order valence-corrected chi connectivity index (χ3v) is 4.07. The summed E-state index contributed by atoms with van der Waals surface area (Å²) in [6.45, 7) is 2.01. The molecule has 0 saturated heterocycles. The highest BCUT2D eigenvalue weighted by molar-refractivity contribution is 6.09. The monoisotopic (exact) mass is 259 g/mol. The van der Waals surface area contributed by atoms with Crippen LogP contribution >= 0.6 is 0 Å². The van der Waals surface area contributed by atoms with Gasteiger partial charge in [-0.15, -0.1) is 0 Å². The molecule has 1 aromatic rings. The van der Waals surface area contributed by atoms with Crippen molar-refractivity contribution in [1.29, 1.82) is 0 Å². The second-order valence-electron chi connectivity index (χ2n) is 5.18. The number of pyridine rings is 1. The highest BCUT2D eigenvalue weighted by atomic mass is 16.4. The highest BCUT2D eigenvalue weighted by Crippen LogP contribution is 2.31. The second-order valence-corrected chi connectivity index (χ2v) is 5.18. The average molecular weight is 259 g/mol. The maximum atomic E-state index is 9.17. The van der Waals surface area contributed by atoms with Crippen LogP contribution in [-0.2, 0) is 12.8 Å². The minimum absolute atomic E-state index is 0.705. The van der Waals surface area contributed by atoms with Crippen molar-refractivity contribution in [1.82, 2.24) is 4.98 Å². The lowest BCUT2D eigenvalue weighted by Crippen LogP contribution is -2.23. The standard InChI is InChI=1S/C14H17N3O2/c1-8-13-9(4-2-6-11(13)16-18)15-10-5-3-7-12(17-19)14(8)10/h18-19H,2-7H2,1H3/b16-11-,17-12+. The zero-order valence-electron chi connectivity index (χ0n) is 11.0. The second kappa shape index (κ2) is 4.64. The van der Waals surface area contributed by atoms with Gasteiger partial charge in [-0.05, 0) is 51.0 Å². The summed E-state index contributed by atoms with van der Waals surface area (Å²) in [7, 11) is 0. The summed E-state index contributed by atoms with van der Waals surface area (Å²) >= 11 is 0. The fourth-order valence-electron chi connectivity index (χ4n) is 3.26. The molecular formula is C14H17N3O2. The molecule has 1 heterocycles. The van der Waals surface area contributed by atoms with Gasteiger partial charge < -0.3 is 10.4 Å². The Labute approximate surface area is 111 Å². The number of fused-ring (bicyclic) bond motifs is 2. The van der Waals surface area contributed by atoms with Crippen molar-refractivity contribution < 1.29 is 10.4 Å². The summed E-state index contributed by atoms with van der Waals surface area (Å²) in [4.78, 5) is 4.73. The van der Waals surface area contributed by atoms with Gasteiger partial charge in [0.2, 0.25) is 0 Å². The molecule has 2 aliphatic carbocycles. The van der Waals surface area contributed by atoms with Crippen molar-refractivity contribution in [2.24, 2.45) is 10.3 Å². The number of hydrogen-bond donors (Lipinski definition) is 2. The molecule has 0 aliphatic heterocycles. The van der Waals surface area contributed by atoms with E-state index >= 15 is 0 Å². The number of rotatable bonds is 0. The van der Waals surface area contributed by atoms with Crippen molar-refractivity contribution >= 4 is 11.4 Å². The Hall–Kier alpha value is -1.91. The molecule has 5 heteroatoms. The molecule has 0 fully saturated rings. The van der Waals surface area contributed by atoms with Gasteiger partial charge in [-0.2, -0.15) is 0 Å². The van der Waals surface area contributed by atoms with Gasteiger partial charge in [-0.3, -0.25) is 4.98 Å². The van der Waals surface area contributed by atoms with E-state index in [1.54, 1.807) is 0 Å². The van der Waals surface area contributed by atoms with Crippen LogP contribution in [0, 0.1) is 6.92 Å². The SMILES string of the molecule is Cc1c2c(nc3c1/C(=N/O)CCC3)CCC/C2=N/O. The van der Waals surface area contributed by atoms with Gasteiger partial charge in [-0.25, -0.2) is 0 Å². The van der Waals surface area contributed by atoms with E-state index < -0.39 is 0 Å². The molecule has 0 bridgehead atoms. The van der Waals surface area contributed by atoms with Crippen molar-refractivity contribution in [2.45, 2.75) is 45.4 Å². The maximum absolute atomic E-state index is 9.17. The first kappa shape index (κ1) is 12.1. The Bertz CT molecular complexity index is 543. The van der Waals surface area contributed by atoms with Gasteiger partial charge in [0, 0.05) is 11.1 Å². The van der Waals surface area contributed by atoms with E-state index in [0.29, 0.717) is 11.4 Å². The van der Waals surface area contributed by atoms with Crippen LogP contribution in [0.1, 0.15) is 53.8 Å². The van der Waals surface area contributed by atoms with Gasteiger partial charge in [0.15, 0.2) is 0 Å². The van der Waals surface area contributed by atoms with Gasteiger partial charge >= 0.3 is 0 Å². The van der Waals surface area contributed by atoms with Crippen LogP contribution in [0.25, 0.3) is 0 Å². The first-order valence-electron chi connectivity index (χ1n) is 6.71. The van der Waals surface area contributed by atoms with E-state index in [9.17, 15) is 0 Å². The Kier molecular flexibility index (Phi) is 2.97. The first-order chi connectivity index (χ1) is 9.26. The van der Waals surface area contributed by atoms with Crippen LogP contribution in [0.4, 0.5) is 0 Å². The summed E-state index contributed by atoms with van der Waals surface area (Å²) in [5.41, 5.74) is 6.41. The Balaban J connectivity index is 2.28. The quantitative estimate of drug-likeness (QED) is 0.554. The van der Waals surface area contributed by atoms with Crippen LogP contribution in [-0.4, -0.2) is 26.8 Å². The van der Waals surface area contributed by atoms with E-state index in [-0.39, 0.29) is 0 Å². The third-order valence-electron chi connectivity index (χ3n) is 4.07. The number of nitrogens with zero attached hydrogens (tertiary/aromatic N) is 3. The molecule has 0 amide bonds. The molecule has 0 spiro atoms. The molecule has 0 atom stereocenters. The molecule has 0 unspecified atom stereocenters. The lowest BCUT2D eigenvalue weighted by Gasteiger charge is -2.25. The van der Waals surface area contributed by atoms with Gasteiger partial charge in [0.1, 0.15) is 0 Å². The lowest BCUT2D eigenvalue weighted by molar-refractivity contribution is 0.317. The molecule has 0 aromatic carbocycles. The molecule has 2 N–H and O–H groups in total. The molecule has 3 rings (SSSR count). The molecule has 0 saturated carbocycles. The predicted molar refractivity (Wildman–Crippen MR) is 71.5 cm³/mol. The van der Waals surface area contributed by atoms with E-state index in [2.05, 4.69) is 10.3 Å². The van der Waals surface area contributed by atoms with Gasteiger partial charge in [-0.1, -0.05) is 10.3 Å². The van der Waals surface area contributed by atoms with Crippen molar-refractivity contribution in [3.8, 4) is 0 Å². The molecule has 5 nitrogen and oxygen atoms in total. The largest absolute Gasteiger partial charge is 0.411 e. The van der Waals surface area contributed by atoms with E-state index in [0.717, 1.165) is 66.6 Å². The average Bonchev–Trinajstić information content (AvgIpc) is 2.45. The molecule has 100 valence electrons. The van der Waals surface area contributed by atoms with Crippen LogP contribution < -0.4 is 0 Å². The van der Waals surface area contributed by atoms with Crippen molar-refractivity contribution in [2.75, 3.05) is 0 Å². The normalized spacial score (nSPS) is 22.4. The summed E-state index contributed by atoms with van der Waals surface area (Å²) in [6, 6.07) is 0. The van der Waals surface area contributed by atoms with Gasteiger partial charge in [0.25, 0.3) is 0 Å². The zero-order valence-corrected chi connectivity index (χ0v) is 11.0. The Morgan fingerprint density at radius 3 is 1.74 bits per heavy atom. The maximum Gasteiger partial charge on any atom is 0.0889 e. The van der Waals surface area contributed by atoms with E-state index in [1.807, 2.05) is 6.92 Å². The third kappa shape index (κ3) is 1.80. The van der Waals surface area contributed by atoms with Crippen LogP contribution in [0.15, 0.2) is 10.3 Å². The van der Waals surface area contributed by atoms with E-state index in [4.69, 9.17) is 15.4 Å². The summed E-state index contributed by atoms with van der Waals surface area (Å²) in [5.74, 6) is 0. The number of aromatic nitrogens is 1. The van der Waals surface area contributed by atoms with Gasteiger partial charge in [0.05, 0.1) is 22.8 Å². The van der Waals surface area contributed by atoms with E-state index in [1.165, 1.54) is 0 Å².